The number of carbonyl (C=O) groups excluding carboxylic acids is 3. The van der Waals surface area contributed by atoms with Crippen LogP contribution in [0.3, 0.4) is 0 Å². The molecule has 26 heavy (non-hydrogen) atoms. The van der Waals surface area contributed by atoms with Gasteiger partial charge in [0.1, 0.15) is 6.54 Å². The van der Waals surface area contributed by atoms with Crippen molar-refractivity contribution in [3.05, 3.63) is 22.4 Å². The molecule has 2 fully saturated rings. The predicted octanol–water partition coefficient (Wildman–Crippen LogP) is 2.45. The van der Waals surface area contributed by atoms with E-state index in [1.165, 1.54) is 11.3 Å². The summed E-state index contributed by atoms with van der Waals surface area (Å²) in [6.07, 6.45) is 3.11. The number of likely N-dealkylation sites (tertiary alicyclic amines) is 1. The molecule has 1 N–H and O–H groups in total. The van der Waals surface area contributed by atoms with Crippen molar-refractivity contribution in [2.45, 2.75) is 46.1 Å². The molecule has 2 amide bonds. The monoisotopic (exact) mass is 378 g/mol. The maximum absolute atomic E-state index is 12.5. The van der Waals surface area contributed by atoms with Crippen LogP contribution in [0.15, 0.2) is 17.5 Å². The summed E-state index contributed by atoms with van der Waals surface area (Å²) in [5.41, 5.74) is 0.385. The molecule has 0 radical (unpaired) electrons. The molecule has 1 aliphatic heterocycles. The number of rotatable bonds is 5. The van der Waals surface area contributed by atoms with E-state index in [4.69, 9.17) is 4.74 Å². The van der Waals surface area contributed by atoms with E-state index in [2.05, 4.69) is 26.1 Å². The zero-order valence-electron chi connectivity index (χ0n) is 15.5. The number of amides is 2. The van der Waals surface area contributed by atoms with Gasteiger partial charge in [0.05, 0.1) is 4.88 Å². The summed E-state index contributed by atoms with van der Waals surface area (Å²) in [5.74, 6) is -1.06. The largest absolute Gasteiger partial charge is 0.454 e. The molecule has 3 rings (SSSR count). The van der Waals surface area contributed by atoms with E-state index < -0.39 is 5.97 Å². The summed E-state index contributed by atoms with van der Waals surface area (Å²) in [6, 6.07) is 3.68. The number of thiophene rings is 1. The van der Waals surface area contributed by atoms with E-state index in [9.17, 15) is 14.4 Å². The van der Waals surface area contributed by atoms with Gasteiger partial charge in [-0.2, -0.15) is 0 Å². The summed E-state index contributed by atoms with van der Waals surface area (Å²) in [7, 11) is 0. The molecule has 1 aromatic rings. The van der Waals surface area contributed by atoms with Crippen molar-refractivity contribution in [3.8, 4) is 0 Å². The Morgan fingerprint density at radius 3 is 2.77 bits per heavy atom. The second kappa shape index (κ2) is 7.02. The Labute approximate surface area is 157 Å². The minimum atomic E-state index is -0.600. The van der Waals surface area contributed by atoms with Crippen LogP contribution >= 0.6 is 11.3 Å². The summed E-state index contributed by atoms with van der Waals surface area (Å²) < 4.78 is 5.08. The standard InChI is InChI=1S/C19H26N2O4S/c1-18(2)7-13-8-19(3,11-18)12-21(13)15(22)10-25-16(23)9-20-17(24)14-5-4-6-26-14/h4-6,13H,7-12H2,1-3H3,(H,20,24)/t13-,19-/m1/s1. The molecule has 2 atom stereocenters. The number of carbonyl (C=O) groups is 3. The van der Waals surface area contributed by atoms with Crippen LogP contribution in [-0.2, 0) is 14.3 Å². The molecule has 2 bridgehead atoms. The zero-order chi connectivity index (χ0) is 18.9. The van der Waals surface area contributed by atoms with Crippen molar-refractivity contribution in [1.29, 1.82) is 0 Å². The molecule has 1 aliphatic carbocycles. The number of hydrogen-bond acceptors (Lipinski definition) is 5. The number of ether oxygens (including phenoxy) is 1. The van der Waals surface area contributed by atoms with Gasteiger partial charge < -0.3 is 15.0 Å². The molecule has 0 unspecified atom stereocenters. The first-order chi connectivity index (χ1) is 12.2. The fourth-order valence-corrected chi connectivity index (χ4v) is 5.32. The molecule has 142 valence electrons. The van der Waals surface area contributed by atoms with Crippen molar-refractivity contribution < 1.29 is 19.1 Å². The van der Waals surface area contributed by atoms with Gasteiger partial charge >= 0.3 is 5.97 Å². The first-order valence-electron chi connectivity index (χ1n) is 8.94. The third-order valence-electron chi connectivity index (χ3n) is 5.23. The normalized spacial score (nSPS) is 26.4. The minimum absolute atomic E-state index is 0.144. The molecule has 1 aromatic heterocycles. The summed E-state index contributed by atoms with van der Waals surface area (Å²) in [5, 5.41) is 4.30. The highest BCUT2D eigenvalue weighted by molar-refractivity contribution is 7.12. The van der Waals surface area contributed by atoms with Crippen LogP contribution in [0.2, 0.25) is 0 Å². The molecule has 2 heterocycles. The van der Waals surface area contributed by atoms with Crippen LogP contribution in [0.4, 0.5) is 0 Å². The highest BCUT2D eigenvalue weighted by atomic mass is 32.1. The second-order valence-corrected chi connectivity index (χ2v) is 9.50. The zero-order valence-corrected chi connectivity index (χ0v) is 16.4. The van der Waals surface area contributed by atoms with Gasteiger partial charge in [-0.1, -0.05) is 26.8 Å². The Hall–Kier alpha value is -1.89. The third-order valence-corrected chi connectivity index (χ3v) is 6.10. The van der Waals surface area contributed by atoms with Crippen molar-refractivity contribution in [2.24, 2.45) is 10.8 Å². The molecular weight excluding hydrogens is 352 g/mol. The lowest BCUT2D eigenvalue weighted by molar-refractivity contribution is -0.151. The highest BCUT2D eigenvalue weighted by Crippen LogP contribution is 2.52. The maximum Gasteiger partial charge on any atom is 0.325 e. The van der Waals surface area contributed by atoms with Gasteiger partial charge in [0.2, 0.25) is 0 Å². The lowest BCUT2D eigenvalue weighted by Gasteiger charge is -2.39. The highest BCUT2D eigenvalue weighted by Gasteiger charge is 2.50. The Kier molecular flexibility index (Phi) is 5.10. The van der Waals surface area contributed by atoms with E-state index in [0.717, 1.165) is 25.8 Å². The number of nitrogens with one attached hydrogen (secondary N) is 1. The van der Waals surface area contributed by atoms with E-state index in [0.29, 0.717) is 4.88 Å². The Morgan fingerprint density at radius 1 is 1.31 bits per heavy atom. The minimum Gasteiger partial charge on any atom is -0.454 e. The summed E-state index contributed by atoms with van der Waals surface area (Å²) in [4.78, 5) is 38.6. The second-order valence-electron chi connectivity index (χ2n) is 8.56. The lowest BCUT2D eigenvalue weighted by Crippen LogP contribution is -2.40. The maximum atomic E-state index is 12.5. The first kappa shape index (κ1) is 18.9. The number of nitrogens with zero attached hydrogens (tertiary/aromatic N) is 1. The smallest absolute Gasteiger partial charge is 0.325 e. The van der Waals surface area contributed by atoms with Crippen molar-refractivity contribution in [3.63, 3.8) is 0 Å². The molecule has 6 nitrogen and oxygen atoms in total. The van der Waals surface area contributed by atoms with Crippen LogP contribution in [-0.4, -0.2) is 48.4 Å². The van der Waals surface area contributed by atoms with E-state index in [1.807, 2.05) is 4.90 Å². The molecule has 1 saturated heterocycles. The van der Waals surface area contributed by atoms with E-state index >= 15 is 0 Å². The van der Waals surface area contributed by atoms with Crippen molar-refractivity contribution in [1.82, 2.24) is 10.2 Å². The van der Waals surface area contributed by atoms with Gasteiger partial charge in [0, 0.05) is 12.6 Å². The predicted molar refractivity (Wildman–Crippen MR) is 98.9 cm³/mol. The molecule has 0 aromatic carbocycles. The Bertz CT molecular complexity index is 700. The molecule has 2 aliphatic rings. The fourth-order valence-electron chi connectivity index (χ4n) is 4.68. The quantitative estimate of drug-likeness (QED) is 0.799. The SMILES string of the molecule is CC1(C)C[C@@H]2C[C@@](C)(CN2C(=O)COC(=O)CNC(=O)c2cccs2)C1. The summed E-state index contributed by atoms with van der Waals surface area (Å²) in [6.45, 7) is 6.97. The average Bonchev–Trinajstić information content (AvgIpc) is 3.15. The molecular formula is C19H26N2O4S. The number of hydrogen-bond donors (Lipinski definition) is 1. The van der Waals surface area contributed by atoms with Crippen LogP contribution in [0, 0.1) is 10.8 Å². The topological polar surface area (TPSA) is 75.7 Å². The molecule has 7 heteroatoms. The third kappa shape index (κ3) is 4.26. The van der Waals surface area contributed by atoms with Gasteiger partial charge in [0.25, 0.3) is 11.8 Å². The molecule has 0 spiro atoms. The van der Waals surface area contributed by atoms with Gasteiger partial charge in [0.15, 0.2) is 6.61 Å². The first-order valence-corrected chi connectivity index (χ1v) is 9.82. The van der Waals surface area contributed by atoms with E-state index in [-0.39, 0.29) is 41.8 Å². The van der Waals surface area contributed by atoms with Gasteiger partial charge in [-0.25, -0.2) is 0 Å². The average molecular weight is 378 g/mol. The van der Waals surface area contributed by atoms with Crippen LogP contribution in [0.1, 0.15) is 49.7 Å². The van der Waals surface area contributed by atoms with Gasteiger partial charge in [-0.3, -0.25) is 14.4 Å². The van der Waals surface area contributed by atoms with E-state index in [1.54, 1.807) is 17.5 Å². The molecule has 1 saturated carbocycles. The van der Waals surface area contributed by atoms with Crippen molar-refractivity contribution in [2.75, 3.05) is 19.7 Å². The Morgan fingerprint density at radius 2 is 2.08 bits per heavy atom. The van der Waals surface area contributed by atoms with Crippen molar-refractivity contribution >= 4 is 29.1 Å². The Balaban J connectivity index is 1.45. The summed E-state index contributed by atoms with van der Waals surface area (Å²) >= 11 is 1.30. The van der Waals surface area contributed by atoms with Crippen LogP contribution in [0.25, 0.3) is 0 Å². The lowest BCUT2D eigenvalue weighted by atomic mass is 9.65. The van der Waals surface area contributed by atoms with Gasteiger partial charge in [-0.15, -0.1) is 11.3 Å². The number of esters is 1. The number of fused-ring (bicyclic) bond motifs is 2. The van der Waals surface area contributed by atoms with Crippen LogP contribution < -0.4 is 5.32 Å². The fraction of sp³-hybridized carbons (Fsp3) is 0.632. The van der Waals surface area contributed by atoms with Crippen LogP contribution in [0.5, 0.6) is 0 Å². The van der Waals surface area contributed by atoms with Gasteiger partial charge in [-0.05, 0) is 41.5 Å².